The van der Waals surface area contributed by atoms with Crippen molar-refractivity contribution in [2.24, 2.45) is 0 Å². The monoisotopic (exact) mass is 457 g/mol. The van der Waals surface area contributed by atoms with E-state index < -0.39 is 0 Å². The molecular weight excluding hydrogens is 418 g/mol. The maximum atomic E-state index is 12.9. The number of carbonyl (C=O) groups is 2. The largest absolute Gasteiger partial charge is 0.383 e. The SMILES string of the molecule is COC[C@H]1CCCN1C(=O)CC[C@@H]1CNC(=O)[C@@H]2C[C@H](NCc3ccc(N(C)C)cc3)CN12. The average molecular weight is 458 g/mol. The van der Waals surface area contributed by atoms with Crippen LogP contribution in [-0.2, 0) is 20.9 Å². The molecule has 3 fully saturated rings. The molecule has 1 aromatic rings. The van der Waals surface area contributed by atoms with Crippen LogP contribution in [0, 0.1) is 0 Å². The van der Waals surface area contributed by atoms with Crippen LogP contribution in [0.1, 0.15) is 37.7 Å². The van der Waals surface area contributed by atoms with E-state index in [1.807, 2.05) is 19.0 Å². The number of fused-ring (bicyclic) bond motifs is 1. The Kier molecular flexibility index (Phi) is 7.88. The number of anilines is 1. The van der Waals surface area contributed by atoms with Crippen molar-refractivity contribution in [2.75, 3.05) is 52.3 Å². The van der Waals surface area contributed by atoms with Crippen LogP contribution in [0.4, 0.5) is 5.69 Å². The first-order valence-electron chi connectivity index (χ1n) is 12.3. The molecule has 0 bridgehead atoms. The molecule has 3 aliphatic rings. The van der Waals surface area contributed by atoms with Crippen molar-refractivity contribution in [3.05, 3.63) is 29.8 Å². The Morgan fingerprint density at radius 2 is 2.03 bits per heavy atom. The van der Waals surface area contributed by atoms with Gasteiger partial charge in [0.1, 0.15) is 0 Å². The van der Waals surface area contributed by atoms with Gasteiger partial charge in [0.15, 0.2) is 0 Å². The summed E-state index contributed by atoms with van der Waals surface area (Å²) in [5.41, 5.74) is 2.43. The van der Waals surface area contributed by atoms with Crippen LogP contribution in [0.15, 0.2) is 24.3 Å². The number of rotatable bonds is 9. The van der Waals surface area contributed by atoms with E-state index in [1.165, 1.54) is 11.3 Å². The van der Waals surface area contributed by atoms with Gasteiger partial charge in [0.25, 0.3) is 0 Å². The molecule has 0 aromatic heterocycles. The maximum Gasteiger partial charge on any atom is 0.237 e. The van der Waals surface area contributed by atoms with Gasteiger partial charge in [-0.2, -0.15) is 0 Å². The van der Waals surface area contributed by atoms with E-state index in [1.54, 1.807) is 7.11 Å². The predicted molar refractivity (Wildman–Crippen MR) is 129 cm³/mol. The number of likely N-dealkylation sites (tertiary alicyclic amines) is 1. The summed E-state index contributed by atoms with van der Waals surface area (Å²) < 4.78 is 5.29. The molecule has 4 rings (SSSR count). The highest BCUT2D eigenvalue weighted by Gasteiger charge is 2.43. The van der Waals surface area contributed by atoms with Crippen molar-refractivity contribution in [1.29, 1.82) is 0 Å². The van der Waals surface area contributed by atoms with Crippen LogP contribution in [0.3, 0.4) is 0 Å². The summed E-state index contributed by atoms with van der Waals surface area (Å²) in [6.07, 6.45) is 4.20. The minimum Gasteiger partial charge on any atom is -0.383 e. The number of hydrogen-bond acceptors (Lipinski definition) is 6. The number of amides is 2. The molecule has 8 heteroatoms. The second kappa shape index (κ2) is 10.8. The number of nitrogens with zero attached hydrogens (tertiary/aromatic N) is 3. The molecule has 182 valence electrons. The first-order chi connectivity index (χ1) is 16.0. The molecule has 4 atom stereocenters. The van der Waals surface area contributed by atoms with Crippen LogP contribution < -0.4 is 15.5 Å². The highest BCUT2D eigenvalue weighted by molar-refractivity contribution is 5.83. The lowest BCUT2D eigenvalue weighted by Gasteiger charge is -2.37. The molecule has 0 unspecified atom stereocenters. The summed E-state index contributed by atoms with van der Waals surface area (Å²) in [5.74, 6) is 0.343. The predicted octanol–water partition coefficient (Wildman–Crippen LogP) is 1.20. The standard InChI is InChI=1S/C25H39N5O3/c1-28(2)20-8-6-18(7-9-20)14-26-19-13-23-25(32)27-15-21(30(23)16-19)10-11-24(31)29-12-4-5-22(29)17-33-3/h6-9,19,21-23,26H,4-5,10-17H2,1-3H3,(H,27,32)/t19-,21+,22+,23-/m0/s1. The molecule has 3 saturated heterocycles. The van der Waals surface area contributed by atoms with Gasteiger partial charge in [0.2, 0.25) is 11.8 Å². The van der Waals surface area contributed by atoms with E-state index in [0.29, 0.717) is 19.6 Å². The van der Waals surface area contributed by atoms with Gasteiger partial charge in [0.05, 0.1) is 18.7 Å². The summed E-state index contributed by atoms with van der Waals surface area (Å²) >= 11 is 0. The summed E-state index contributed by atoms with van der Waals surface area (Å²) in [4.78, 5) is 31.8. The third kappa shape index (κ3) is 5.67. The summed E-state index contributed by atoms with van der Waals surface area (Å²) in [6, 6.07) is 9.18. The van der Waals surface area contributed by atoms with Gasteiger partial charge < -0.3 is 25.2 Å². The van der Waals surface area contributed by atoms with Crippen molar-refractivity contribution in [3.8, 4) is 0 Å². The summed E-state index contributed by atoms with van der Waals surface area (Å²) in [5, 5.41) is 6.73. The molecule has 2 N–H and O–H groups in total. The second-order valence-electron chi connectivity index (χ2n) is 9.86. The van der Waals surface area contributed by atoms with Crippen LogP contribution in [0.5, 0.6) is 0 Å². The fourth-order valence-electron chi connectivity index (χ4n) is 5.53. The Labute approximate surface area is 197 Å². The number of methoxy groups -OCH3 is 1. The van der Waals surface area contributed by atoms with E-state index in [-0.39, 0.29) is 36.0 Å². The first kappa shape index (κ1) is 24.0. The van der Waals surface area contributed by atoms with E-state index >= 15 is 0 Å². The Morgan fingerprint density at radius 1 is 1.24 bits per heavy atom. The summed E-state index contributed by atoms with van der Waals surface area (Å²) in [6.45, 7) is 3.72. The lowest BCUT2D eigenvalue weighted by Crippen LogP contribution is -2.58. The smallest absolute Gasteiger partial charge is 0.237 e. The fraction of sp³-hybridized carbons (Fsp3) is 0.680. The van der Waals surface area contributed by atoms with Crippen molar-refractivity contribution >= 4 is 17.5 Å². The third-order valence-corrected chi connectivity index (χ3v) is 7.42. The zero-order valence-electron chi connectivity index (χ0n) is 20.3. The minimum absolute atomic E-state index is 0.0968. The minimum atomic E-state index is -0.0968. The molecule has 3 heterocycles. The van der Waals surface area contributed by atoms with E-state index in [4.69, 9.17) is 4.74 Å². The van der Waals surface area contributed by atoms with Gasteiger partial charge in [-0.15, -0.1) is 0 Å². The van der Waals surface area contributed by atoms with Crippen LogP contribution in [0.25, 0.3) is 0 Å². The average Bonchev–Trinajstić information content (AvgIpc) is 3.45. The van der Waals surface area contributed by atoms with Crippen LogP contribution >= 0.6 is 0 Å². The van der Waals surface area contributed by atoms with Crippen LogP contribution in [-0.4, -0.2) is 93.2 Å². The maximum absolute atomic E-state index is 12.9. The fourth-order valence-corrected chi connectivity index (χ4v) is 5.53. The molecule has 1 aromatic carbocycles. The van der Waals surface area contributed by atoms with Crippen molar-refractivity contribution in [3.63, 3.8) is 0 Å². The number of benzene rings is 1. The van der Waals surface area contributed by atoms with Gasteiger partial charge >= 0.3 is 0 Å². The van der Waals surface area contributed by atoms with Gasteiger partial charge in [-0.3, -0.25) is 14.5 Å². The quantitative estimate of drug-likeness (QED) is 0.580. The van der Waals surface area contributed by atoms with Gasteiger partial charge in [-0.1, -0.05) is 12.1 Å². The number of hydrogen-bond donors (Lipinski definition) is 2. The number of ether oxygens (including phenoxy) is 1. The van der Waals surface area contributed by atoms with E-state index in [0.717, 1.165) is 45.3 Å². The number of piperazine rings is 1. The molecule has 0 spiro atoms. The topological polar surface area (TPSA) is 77.1 Å². The number of carbonyl (C=O) groups excluding carboxylic acids is 2. The zero-order valence-corrected chi connectivity index (χ0v) is 20.3. The molecule has 0 radical (unpaired) electrons. The third-order valence-electron chi connectivity index (χ3n) is 7.42. The lowest BCUT2D eigenvalue weighted by molar-refractivity contribution is -0.133. The van der Waals surface area contributed by atoms with Crippen molar-refractivity contribution in [1.82, 2.24) is 20.4 Å². The van der Waals surface area contributed by atoms with Crippen molar-refractivity contribution in [2.45, 2.75) is 62.8 Å². The number of nitrogens with one attached hydrogen (secondary N) is 2. The molecule has 0 aliphatic carbocycles. The molecule has 0 saturated carbocycles. The molecule has 3 aliphatic heterocycles. The Hall–Kier alpha value is -2.16. The van der Waals surface area contributed by atoms with E-state index in [9.17, 15) is 9.59 Å². The Balaban J connectivity index is 1.29. The molecule has 33 heavy (non-hydrogen) atoms. The highest BCUT2D eigenvalue weighted by Crippen LogP contribution is 2.27. The zero-order chi connectivity index (χ0) is 23.4. The van der Waals surface area contributed by atoms with Crippen molar-refractivity contribution < 1.29 is 14.3 Å². The van der Waals surface area contributed by atoms with E-state index in [2.05, 4.69) is 44.7 Å². The first-order valence-corrected chi connectivity index (χ1v) is 12.3. The molecule has 8 nitrogen and oxygen atoms in total. The van der Waals surface area contributed by atoms with Gasteiger partial charge in [-0.25, -0.2) is 0 Å². The van der Waals surface area contributed by atoms with Gasteiger partial charge in [-0.05, 0) is 43.4 Å². The second-order valence-corrected chi connectivity index (χ2v) is 9.86. The Bertz CT molecular complexity index is 815. The molecular formula is C25H39N5O3. The Morgan fingerprint density at radius 3 is 2.76 bits per heavy atom. The van der Waals surface area contributed by atoms with Crippen LogP contribution in [0.2, 0.25) is 0 Å². The lowest BCUT2D eigenvalue weighted by atomic mass is 10.0. The normalized spacial score (nSPS) is 27.5. The molecule has 2 amide bonds. The highest BCUT2D eigenvalue weighted by atomic mass is 16.5. The van der Waals surface area contributed by atoms with Gasteiger partial charge in [0, 0.05) is 71.6 Å². The summed E-state index contributed by atoms with van der Waals surface area (Å²) in [7, 11) is 5.78.